The number of allylic oxidation sites excluding steroid dienone is 1. The lowest BCUT2D eigenvalue weighted by atomic mass is 9.57. The largest absolute Gasteiger partial charge is 0.466 e. The van der Waals surface area contributed by atoms with Gasteiger partial charge in [-0.25, -0.2) is 4.79 Å². The Morgan fingerprint density at radius 2 is 1.73 bits per heavy atom. The van der Waals surface area contributed by atoms with Crippen LogP contribution in [0.5, 0.6) is 0 Å². The molecule has 4 rings (SSSR count). The van der Waals surface area contributed by atoms with E-state index in [2.05, 4.69) is 12.1 Å². The Morgan fingerprint density at radius 1 is 1.10 bits per heavy atom. The van der Waals surface area contributed by atoms with Crippen LogP contribution >= 0.6 is 0 Å². The Bertz CT molecular complexity index is 1170. The van der Waals surface area contributed by atoms with E-state index in [1.165, 1.54) is 12.0 Å². The van der Waals surface area contributed by atoms with Crippen LogP contribution in [0.15, 0.2) is 60.2 Å². The van der Waals surface area contributed by atoms with Crippen LogP contribution in [-0.2, 0) is 19.7 Å². The van der Waals surface area contributed by atoms with Crippen molar-refractivity contribution in [2.75, 3.05) is 19.1 Å². The summed E-state index contributed by atoms with van der Waals surface area (Å²) in [5, 5.41) is 20.8. The molecule has 0 N–H and O–H groups in total. The number of hydrogen-bond donors (Lipinski definition) is 0. The Hall–Kier alpha value is -3.90. The van der Waals surface area contributed by atoms with E-state index in [9.17, 15) is 20.1 Å². The van der Waals surface area contributed by atoms with Crippen LogP contribution in [0, 0.1) is 35.0 Å². The molecule has 0 saturated heterocycles. The Balaban J connectivity index is 2.12. The minimum atomic E-state index is -1.86. The molecule has 0 unspecified atom stereocenters. The van der Waals surface area contributed by atoms with Gasteiger partial charge in [-0.15, -0.1) is 0 Å². The molecule has 0 saturated carbocycles. The number of hydrogen-bond acceptors (Lipinski definition) is 5. The number of benzene rings is 2. The van der Waals surface area contributed by atoms with Crippen molar-refractivity contribution in [1.29, 1.82) is 10.5 Å². The molecule has 2 aromatic rings. The lowest BCUT2D eigenvalue weighted by molar-refractivity contribution is -0.139. The molecule has 0 aromatic heterocycles. The molecule has 148 valence electrons. The predicted molar refractivity (Wildman–Crippen MR) is 109 cm³/mol. The fraction of sp³-hybridized carbons (Fsp3) is 0.250. The summed E-state index contributed by atoms with van der Waals surface area (Å²) < 4.78 is 5.01. The number of esters is 1. The summed E-state index contributed by atoms with van der Waals surface area (Å²) in [6.07, 6.45) is 1.57. The van der Waals surface area contributed by atoms with E-state index in [4.69, 9.17) is 4.74 Å². The molecule has 0 fully saturated rings. The highest BCUT2D eigenvalue weighted by Crippen LogP contribution is 2.64. The predicted octanol–water partition coefficient (Wildman–Crippen LogP) is 3.14. The third-order valence-corrected chi connectivity index (χ3v) is 6.28. The maximum atomic E-state index is 13.8. The molecule has 2 aliphatic rings. The Kier molecular flexibility index (Phi) is 4.25. The second-order valence-electron chi connectivity index (χ2n) is 7.62. The van der Waals surface area contributed by atoms with Gasteiger partial charge in [0, 0.05) is 18.7 Å². The normalized spacial score (nSPS) is 23.5. The van der Waals surface area contributed by atoms with Gasteiger partial charge in [-0.2, -0.15) is 10.5 Å². The SMILES string of the molecule is COC(=O)C1=C[C@@H](c2ccc(C)cc2)C(C#N)(C#N)[C@]12C(=O)N(C)c1ccccc12. The van der Waals surface area contributed by atoms with Gasteiger partial charge in [-0.05, 0) is 24.1 Å². The number of carbonyl (C=O) groups excluding carboxylic acids is 2. The fourth-order valence-corrected chi connectivity index (χ4v) is 4.85. The van der Waals surface area contributed by atoms with Crippen molar-refractivity contribution in [3.8, 4) is 12.1 Å². The van der Waals surface area contributed by atoms with Crippen molar-refractivity contribution in [2.24, 2.45) is 5.41 Å². The molecule has 0 bridgehead atoms. The van der Waals surface area contributed by atoms with Crippen LogP contribution < -0.4 is 4.90 Å². The zero-order valence-corrected chi connectivity index (χ0v) is 16.8. The van der Waals surface area contributed by atoms with E-state index in [-0.39, 0.29) is 5.57 Å². The quantitative estimate of drug-likeness (QED) is 0.726. The first-order valence-corrected chi connectivity index (χ1v) is 9.46. The number of methoxy groups -OCH3 is 1. The third kappa shape index (κ3) is 2.11. The first kappa shape index (κ1) is 19.4. The average molecular weight is 397 g/mol. The highest BCUT2D eigenvalue weighted by atomic mass is 16.5. The summed E-state index contributed by atoms with van der Waals surface area (Å²) in [5.74, 6) is -2.00. The van der Waals surface area contributed by atoms with Gasteiger partial charge in [0.2, 0.25) is 5.91 Å². The van der Waals surface area contributed by atoms with Gasteiger partial charge in [0.1, 0.15) is 5.41 Å². The highest BCUT2D eigenvalue weighted by Gasteiger charge is 2.73. The number of amides is 1. The molecule has 2 atom stereocenters. The number of nitrogens with zero attached hydrogens (tertiary/aromatic N) is 3. The zero-order valence-electron chi connectivity index (χ0n) is 16.8. The van der Waals surface area contributed by atoms with E-state index in [0.29, 0.717) is 16.8 Å². The standard InChI is InChI=1S/C24H19N3O3/c1-15-8-10-16(11-9-15)18-12-19(21(28)30-3)24(23(18,13-25)14-26)17-6-4-5-7-20(17)27(2)22(24)29/h4-12,18H,1-3H3/t18-,24-/m0/s1. The van der Waals surface area contributed by atoms with E-state index in [1.807, 2.05) is 31.2 Å². The number of aryl methyl sites for hydroxylation is 1. The average Bonchev–Trinajstić information content (AvgIpc) is 3.20. The summed E-state index contributed by atoms with van der Waals surface area (Å²) in [4.78, 5) is 28.1. The van der Waals surface area contributed by atoms with Crippen LogP contribution in [0.4, 0.5) is 5.69 Å². The molecule has 1 amide bonds. The van der Waals surface area contributed by atoms with Crippen LogP contribution in [0.2, 0.25) is 0 Å². The van der Waals surface area contributed by atoms with E-state index in [1.54, 1.807) is 37.4 Å². The Morgan fingerprint density at radius 3 is 2.33 bits per heavy atom. The summed E-state index contributed by atoms with van der Waals surface area (Å²) in [6, 6.07) is 18.7. The number of anilines is 1. The molecule has 2 aromatic carbocycles. The van der Waals surface area contributed by atoms with Crippen molar-refractivity contribution in [3.05, 3.63) is 76.9 Å². The summed E-state index contributed by atoms with van der Waals surface area (Å²) in [6.45, 7) is 1.93. The first-order valence-electron chi connectivity index (χ1n) is 9.46. The molecule has 1 heterocycles. The summed E-state index contributed by atoms with van der Waals surface area (Å²) in [7, 11) is 2.81. The lowest BCUT2D eigenvalue weighted by Gasteiger charge is -2.37. The van der Waals surface area contributed by atoms with Crippen molar-refractivity contribution >= 4 is 17.6 Å². The minimum Gasteiger partial charge on any atom is -0.466 e. The maximum Gasteiger partial charge on any atom is 0.334 e. The molecule has 6 nitrogen and oxygen atoms in total. The minimum absolute atomic E-state index is 0.0282. The summed E-state index contributed by atoms with van der Waals surface area (Å²) in [5.41, 5.74) is -0.871. The number of likely N-dealkylation sites (N-methyl/N-ethyl adjacent to an activating group) is 1. The monoisotopic (exact) mass is 397 g/mol. The van der Waals surface area contributed by atoms with Crippen LogP contribution in [-0.4, -0.2) is 26.0 Å². The van der Waals surface area contributed by atoms with Crippen molar-refractivity contribution in [1.82, 2.24) is 0 Å². The molecule has 6 heteroatoms. The molecule has 0 radical (unpaired) electrons. The molecule has 1 aliphatic carbocycles. The molecular formula is C24H19N3O3. The molecular weight excluding hydrogens is 378 g/mol. The van der Waals surface area contributed by atoms with Crippen molar-refractivity contribution in [2.45, 2.75) is 18.3 Å². The second-order valence-corrected chi connectivity index (χ2v) is 7.62. The second kappa shape index (κ2) is 6.57. The van der Waals surface area contributed by atoms with E-state index in [0.717, 1.165) is 5.56 Å². The number of nitriles is 2. The van der Waals surface area contributed by atoms with E-state index < -0.39 is 28.6 Å². The number of rotatable bonds is 2. The van der Waals surface area contributed by atoms with Gasteiger partial charge >= 0.3 is 5.97 Å². The number of ether oxygens (including phenoxy) is 1. The van der Waals surface area contributed by atoms with Gasteiger partial charge in [0.05, 0.1) is 24.8 Å². The highest BCUT2D eigenvalue weighted by molar-refractivity contribution is 6.17. The van der Waals surface area contributed by atoms with Crippen LogP contribution in [0.3, 0.4) is 0 Å². The van der Waals surface area contributed by atoms with Gasteiger partial charge in [0.15, 0.2) is 5.41 Å². The number of carbonyl (C=O) groups is 2. The molecule has 30 heavy (non-hydrogen) atoms. The van der Waals surface area contributed by atoms with Gasteiger partial charge < -0.3 is 9.64 Å². The number of para-hydroxylation sites is 1. The smallest absolute Gasteiger partial charge is 0.334 e. The topological polar surface area (TPSA) is 94.2 Å². The fourth-order valence-electron chi connectivity index (χ4n) is 4.85. The first-order chi connectivity index (χ1) is 14.4. The van der Waals surface area contributed by atoms with Crippen LogP contribution in [0.25, 0.3) is 0 Å². The van der Waals surface area contributed by atoms with Gasteiger partial charge in [-0.1, -0.05) is 54.1 Å². The third-order valence-electron chi connectivity index (χ3n) is 6.28. The molecule has 1 spiro atoms. The lowest BCUT2D eigenvalue weighted by Crippen LogP contribution is -2.52. The van der Waals surface area contributed by atoms with Gasteiger partial charge in [0.25, 0.3) is 0 Å². The van der Waals surface area contributed by atoms with E-state index >= 15 is 0 Å². The zero-order chi connectivity index (χ0) is 21.7. The summed E-state index contributed by atoms with van der Waals surface area (Å²) >= 11 is 0. The Labute approximate surface area is 174 Å². The van der Waals surface area contributed by atoms with Crippen molar-refractivity contribution < 1.29 is 14.3 Å². The molecule has 1 aliphatic heterocycles. The van der Waals surface area contributed by atoms with Gasteiger partial charge in [-0.3, -0.25) is 4.79 Å². The van der Waals surface area contributed by atoms with Crippen molar-refractivity contribution in [3.63, 3.8) is 0 Å². The maximum absolute atomic E-state index is 13.8. The van der Waals surface area contributed by atoms with Crippen LogP contribution in [0.1, 0.15) is 22.6 Å². The number of fused-ring (bicyclic) bond motifs is 2.